The number of aromatic amines is 1. The molecule has 5 heteroatoms. The van der Waals surface area contributed by atoms with Crippen LogP contribution in [0.15, 0.2) is 55.0 Å². The molecule has 1 aliphatic heterocycles. The number of H-pyrrole nitrogens is 1. The van der Waals surface area contributed by atoms with Crippen LogP contribution in [-0.4, -0.2) is 39.9 Å². The van der Waals surface area contributed by atoms with Crippen LogP contribution in [-0.2, 0) is 11.3 Å². The van der Waals surface area contributed by atoms with E-state index in [1.165, 1.54) is 16.5 Å². The van der Waals surface area contributed by atoms with Gasteiger partial charge in [-0.05, 0) is 47.9 Å². The number of likely N-dealkylation sites (tertiary alicyclic amines) is 1. The van der Waals surface area contributed by atoms with Gasteiger partial charge in [-0.15, -0.1) is 0 Å². The third-order valence-corrected chi connectivity index (χ3v) is 6.31. The lowest BCUT2D eigenvalue weighted by molar-refractivity contribution is -0.122. The van der Waals surface area contributed by atoms with Crippen molar-refractivity contribution in [3.05, 3.63) is 66.1 Å². The van der Waals surface area contributed by atoms with Crippen LogP contribution in [0.1, 0.15) is 50.2 Å². The van der Waals surface area contributed by atoms with E-state index < -0.39 is 0 Å². The van der Waals surface area contributed by atoms with Crippen LogP contribution < -0.4 is 5.32 Å². The molecule has 0 bridgehead atoms. The average Bonchev–Trinajstić information content (AvgIpc) is 3.18. The molecular weight excluding hydrogens is 372 g/mol. The minimum absolute atomic E-state index is 0.171. The molecule has 0 saturated carbocycles. The number of para-hydroxylation sites is 1. The van der Waals surface area contributed by atoms with Crippen molar-refractivity contribution < 1.29 is 4.79 Å². The molecule has 2 N–H and O–H groups in total. The molecule has 3 aromatic rings. The lowest BCUT2D eigenvalue weighted by atomic mass is 9.85. The highest BCUT2D eigenvalue weighted by atomic mass is 16.1. The summed E-state index contributed by atoms with van der Waals surface area (Å²) < 4.78 is 0. The molecule has 1 amide bonds. The predicted octanol–water partition coefficient (Wildman–Crippen LogP) is 4.47. The van der Waals surface area contributed by atoms with Gasteiger partial charge >= 0.3 is 0 Å². The predicted molar refractivity (Wildman–Crippen MR) is 121 cm³/mol. The normalized spacial score (nSPS) is 16.8. The lowest BCUT2D eigenvalue weighted by Gasteiger charge is -2.32. The van der Waals surface area contributed by atoms with Crippen LogP contribution in [0.2, 0.25) is 0 Å². The number of rotatable bonds is 7. The number of pyridine rings is 1. The Morgan fingerprint density at radius 1 is 1.20 bits per heavy atom. The minimum Gasteiger partial charge on any atom is -0.361 e. The molecular formula is C25H32N4O. The third kappa shape index (κ3) is 4.90. The zero-order valence-electron chi connectivity index (χ0n) is 18.0. The van der Waals surface area contributed by atoms with E-state index in [1.807, 2.05) is 24.5 Å². The van der Waals surface area contributed by atoms with Crippen LogP contribution in [0.4, 0.5) is 0 Å². The standard InChI is InChI=1S/C25H32N4O/c1-18(2)22(23-16-27-24-8-4-3-7-21(23)24)14-25(30)28-20-9-12-29(13-10-20)17-19-6-5-11-26-15-19/h3-8,11,15-16,18,20,22,27H,9-10,12-14,17H2,1-2H3,(H,28,30). The van der Waals surface area contributed by atoms with Gasteiger partial charge in [0.05, 0.1) is 0 Å². The molecule has 2 aromatic heterocycles. The second kappa shape index (κ2) is 9.43. The molecule has 1 unspecified atom stereocenters. The van der Waals surface area contributed by atoms with Gasteiger partial charge in [0, 0.05) is 61.6 Å². The maximum Gasteiger partial charge on any atom is 0.220 e. The van der Waals surface area contributed by atoms with Gasteiger partial charge in [-0.2, -0.15) is 0 Å². The number of piperidine rings is 1. The number of hydrogen-bond donors (Lipinski definition) is 2. The first-order chi connectivity index (χ1) is 14.6. The third-order valence-electron chi connectivity index (χ3n) is 6.31. The lowest BCUT2D eigenvalue weighted by Crippen LogP contribution is -2.44. The van der Waals surface area contributed by atoms with Crippen LogP contribution in [0.3, 0.4) is 0 Å². The number of fused-ring (bicyclic) bond motifs is 1. The highest BCUT2D eigenvalue weighted by Crippen LogP contribution is 2.33. The number of nitrogens with zero attached hydrogens (tertiary/aromatic N) is 2. The summed E-state index contributed by atoms with van der Waals surface area (Å²) in [5.41, 5.74) is 3.64. The van der Waals surface area contributed by atoms with Crippen LogP contribution in [0.5, 0.6) is 0 Å². The smallest absolute Gasteiger partial charge is 0.220 e. The Labute approximate surface area is 178 Å². The topological polar surface area (TPSA) is 61.0 Å². The van der Waals surface area contributed by atoms with Gasteiger partial charge in [0.25, 0.3) is 0 Å². The summed E-state index contributed by atoms with van der Waals surface area (Å²) in [6.45, 7) is 7.36. The number of aromatic nitrogens is 2. The van der Waals surface area contributed by atoms with E-state index in [2.05, 4.69) is 64.5 Å². The second-order valence-corrected chi connectivity index (χ2v) is 8.82. The summed E-state index contributed by atoms with van der Waals surface area (Å²) in [5, 5.41) is 4.54. The Morgan fingerprint density at radius 3 is 2.73 bits per heavy atom. The Hall–Kier alpha value is -2.66. The molecule has 0 radical (unpaired) electrons. The van der Waals surface area contributed by atoms with E-state index in [0.717, 1.165) is 38.0 Å². The van der Waals surface area contributed by atoms with Crippen LogP contribution in [0.25, 0.3) is 10.9 Å². The van der Waals surface area contributed by atoms with Crippen molar-refractivity contribution >= 4 is 16.8 Å². The minimum atomic E-state index is 0.171. The molecule has 1 aliphatic rings. The van der Waals surface area contributed by atoms with Crippen molar-refractivity contribution in [3.8, 4) is 0 Å². The van der Waals surface area contributed by atoms with E-state index in [9.17, 15) is 4.79 Å². The molecule has 1 aromatic carbocycles. The summed E-state index contributed by atoms with van der Waals surface area (Å²) >= 11 is 0. The molecule has 0 aliphatic carbocycles. The molecule has 3 heterocycles. The Morgan fingerprint density at radius 2 is 2.00 bits per heavy atom. The fourth-order valence-corrected chi connectivity index (χ4v) is 4.58. The van der Waals surface area contributed by atoms with Gasteiger partial charge in [0.15, 0.2) is 0 Å². The number of hydrogen-bond acceptors (Lipinski definition) is 3. The average molecular weight is 405 g/mol. The molecule has 1 saturated heterocycles. The molecule has 30 heavy (non-hydrogen) atoms. The fourth-order valence-electron chi connectivity index (χ4n) is 4.58. The van der Waals surface area contributed by atoms with Crippen LogP contribution in [0, 0.1) is 5.92 Å². The number of carbonyl (C=O) groups excluding carboxylic acids is 1. The molecule has 1 fully saturated rings. The Bertz CT molecular complexity index is 957. The van der Waals surface area contributed by atoms with Crippen molar-refractivity contribution in [2.75, 3.05) is 13.1 Å². The van der Waals surface area contributed by atoms with Crippen molar-refractivity contribution in [2.45, 2.75) is 51.6 Å². The van der Waals surface area contributed by atoms with E-state index in [-0.39, 0.29) is 17.9 Å². The van der Waals surface area contributed by atoms with Gasteiger partial charge in [-0.25, -0.2) is 0 Å². The van der Waals surface area contributed by atoms with Crippen LogP contribution >= 0.6 is 0 Å². The summed E-state index contributed by atoms with van der Waals surface area (Å²) in [7, 11) is 0. The molecule has 5 nitrogen and oxygen atoms in total. The second-order valence-electron chi connectivity index (χ2n) is 8.82. The van der Waals surface area contributed by atoms with E-state index >= 15 is 0 Å². The van der Waals surface area contributed by atoms with Gasteiger partial charge in [0.1, 0.15) is 0 Å². The number of benzene rings is 1. The van der Waals surface area contributed by atoms with E-state index in [4.69, 9.17) is 0 Å². The van der Waals surface area contributed by atoms with E-state index in [1.54, 1.807) is 0 Å². The van der Waals surface area contributed by atoms with Gasteiger partial charge < -0.3 is 10.3 Å². The first-order valence-electron chi connectivity index (χ1n) is 11.1. The first kappa shape index (κ1) is 20.6. The zero-order valence-corrected chi connectivity index (χ0v) is 18.0. The Kier molecular flexibility index (Phi) is 6.48. The zero-order chi connectivity index (χ0) is 20.9. The number of nitrogens with one attached hydrogen (secondary N) is 2. The number of amides is 1. The summed E-state index contributed by atoms with van der Waals surface area (Å²) in [5.74, 6) is 0.785. The molecule has 158 valence electrons. The fraction of sp³-hybridized carbons (Fsp3) is 0.440. The van der Waals surface area contributed by atoms with Crippen molar-refractivity contribution in [3.63, 3.8) is 0 Å². The SMILES string of the molecule is CC(C)C(CC(=O)NC1CCN(Cc2cccnc2)CC1)c1c[nH]c2ccccc12. The van der Waals surface area contributed by atoms with Crippen molar-refractivity contribution in [2.24, 2.45) is 5.92 Å². The summed E-state index contributed by atoms with van der Waals surface area (Å²) in [4.78, 5) is 22.9. The highest BCUT2D eigenvalue weighted by Gasteiger charge is 2.25. The Balaban J connectivity index is 1.31. The quantitative estimate of drug-likeness (QED) is 0.611. The van der Waals surface area contributed by atoms with Crippen molar-refractivity contribution in [1.82, 2.24) is 20.2 Å². The van der Waals surface area contributed by atoms with Gasteiger partial charge in [-0.3, -0.25) is 14.7 Å². The maximum atomic E-state index is 12.9. The largest absolute Gasteiger partial charge is 0.361 e. The first-order valence-corrected chi connectivity index (χ1v) is 11.1. The molecule has 0 spiro atoms. The molecule has 4 rings (SSSR count). The molecule has 1 atom stereocenters. The maximum absolute atomic E-state index is 12.9. The summed E-state index contributed by atoms with van der Waals surface area (Å²) in [6, 6.07) is 12.7. The monoisotopic (exact) mass is 404 g/mol. The van der Waals surface area contributed by atoms with Crippen molar-refractivity contribution in [1.29, 1.82) is 0 Å². The highest BCUT2D eigenvalue weighted by molar-refractivity contribution is 5.85. The van der Waals surface area contributed by atoms with E-state index in [0.29, 0.717) is 12.3 Å². The van der Waals surface area contributed by atoms with Gasteiger partial charge in [0.2, 0.25) is 5.91 Å². The summed E-state index contributed by atoms with van der Waals surface area (Å²) in [6.07, 6.45) is 8.38. The van der Waals surface area contributed by atoms with Gasteiger partial charge in [-0.1, -0.05) is 38.1 Å². The number of carbonyl (C=O) groups is 1.